The summed E-state index contributed by atoms with van der Waals surface area (Å²) in [6.45, 7) is 3.89. The molecule has 0 spiro atoms. The van der Waals surface area contributed by atoms with Crippen LogP contribution in [0.4, 0.5) is 11.4 Å². The number of benzene rings is 1. The third-order valence-corrected chi connectivity index (χ3v) is 4.11. The Morgan fingerprint density at radius 2 is 2.30 bits per heavy atom. The van der Waals surface area contributed by atoms with Crippen molar-refractivity contribution in [2.45, 2.75) is 38.8 Å². The molecule has 9 nitrogen and oxygen atoms in total. The van der Waals surface area contributed by atoms with Crippen LogP contribution in [0, 0.1) is 10.1 Å². The fraction of sp³-hybridized carbons (Fsp3) is 0.500. The highest BCUT2D eigenvalue weighted by molar-refractivity contribution is 5.50. The summed E-state index contributed by atoms with van der Waals surface area (Å²) in [5, 5.41) is 22.5. The Kier molecular flexibility index (Phi) is 4.47. The van der Waals surface area contributed by atoms with Crippen LogP contribution in [-0.4, -0.2) is 42.7 Å². The molecule has 1 aromatic heterocycles. The van der Waals surface area contributed by atoms with E-state index in [-0.39, 0.29) is 5.69 Å². The first-order valence-electron chi connectivity index (χ1n) is 7.66. The highest BCUT2D eigenvalue weighted by atomic mass is 16.6. The van der Waals surface area contributed by atoms with Gasteiger partial charge in [-0.2, -0.15) is 0 Å². The fourth-order valence-corrected chi connectivity index (χ4v) is 2.78. The van der Waals surface area contributed by atoms with Crippen molar-refractivity contribution in [2.75, 3.05) is 12.0 Å². The number of tetrazole rings is 1. The van der Waals surface area contributed by atoms with Gasteiger partial charge in [0.2, 0.25) is 0 Å². The SMILES string of the molecule is C[C@H]1CCCCN1Cc1nnnn1Nc1cccc([N+](=O)[O-])c1. The second kappa shape index (κ2) is 6.69. The molecular formula is C14H19N7O2. The zero-order chi connectivity index (χ0) is 16.2. The molecule has 9 heteroatoms. The van der Waals surface area contributed by atoms with E-state index in [0.29, 0.717) is 24.1 Å². The average molecular weight is 317 g/mol. The van der Waals surface area contributed by atoms with E-state index in [2.05, 4.69) is 32.8 Å². The van der Waals surface area contributed by atoms with Crippen LogP contribution in [0.5, 0.6) is 0 Å². The molecule has 122 valence electrons. The van der Waals surface area contributed by atoms with Crippen molar-refractivity contribution < 1.29 is 4.92 Å². The van der Waals surface area contributed by atoms with E-state index in [9.17, 15) is 10.1 Å². The van der Waals surface area contributed by atoms with Crippen LogP contribution in [0.1, 0.15) is 32.0 Å². The standard InChI is InChI=1S/C14H19N7O2/c1-11-5-2-3-8-19(11)10-14-15-17-18-20(14)16-12-6-4-7-13(9-12)21(22)23/h4,6-7,9,11,16H,2-3,5,8,10H2,1H3/t11-/m0/s1. The van der Waals surface area contributed by atoms with Gasteiger partial charge in [0, 0.05) is 18.2 Å². The van der Waals surface area contributed by atoms with E-state index in [1.54, 1.807) is 12.1 Å². The molecule has 2 aromatic rings. The van der Waals surface area contributed by atoms with Crippen molar-refractivity contribution in [2.24, 2.45) is 0 Å². The summed E-state index contributed by atoms with van der Waals surface area (Å²) in [6, 6.07) is 6.77. The topological polar surface area (TPSA) is 102 Å². The van der Waals surface area contributed by atoms with Crippen LogP contribution < -0.4 is 5.43 Å². The molecule has 0 amide bonds. The third kappa shape index (κ3) is 3.62. The molecule has 1 saturated heterocycles. The van der Waals surface area contributed by atoms with E-state index in [0.717, 1.165) is 6.54 Å². The maximum Gasteiger partial charge on any atom is 0.271 e. The minimum atomic E-state index is -0.429. The predicted octanol–water partition coefficient (Wildman–Crippen LogP) is 1.83. The number of aromatic nitrogens is 4. The van der Waals surface area contributed by atoms with Gasteiger partial charge in [-0.3, -0.25) is 20.4 Å². The minimum Gasteiger partial charge on any atom is -0.293 e. The summed E-state index contributed by atoms with van der Waals surface area (Å²) in [7, 11) is 0. The lowest BCUT2D eigenvalue weighted by molar-refractivity contribution is -0.384. The molecule has 1 aliphatic rings. The Morgan fingerprint density at radius 3 is 3.09 bits per heavy atom. The first-order valence-corrected chi connectivity index (χ1v) is 7.66. The van der Waals surface area contributed by atoms with E-state index >= 15 is 0 Å². The molecule has 23 heavy (non-hydrogen) atoms. The van der Waals surface area contributed by atoms with Gasteiger partial charge in [-0.15, -0.1) is 9.89 Å². The largest absolute Gasteiger partial charge is 0.293 e. The molecule has 1 aliphatic heterocycles. The molecule has 3 rings (SSSR count). The molecule has 2 heterocycles. The summed E-state index contributed by atoms with van der Waals surface area (Å²) in [5.41, 5.74) is 3.59. The monoisotopic (exact) mass is 317 g/mol. The van der Waals surface area contributed by atoms with Gasteiger partial charge in [-0.05, 0) is 42.8 Å². The quantitative estimate of drug-likeness (QED) is 0.663. The molecule has 0 unspecified atom stereocenters. The van der Waals surface area contributed by atoms with Crippen molar-refractivity contribution >= 4 is 11.4 Å². The Hall–Kier alpha value is -2.55. The Morgan fingerprint density at radius 1 is 1.43 bits per heavy atom. The van der Waals surface area contributed by atoms with Crippen LogP contribution in [0.3, 0.4) is 0 Å². The maximum absolute atomic E-state index is 10.8. The van der Waals surface area contributed by atoms with Gasteiger partial charge in [-0.25, -0.2) is 0 Å². The number of hydrogen-bond donors (Lipinski definition) is 1. The first kappa shape index (κ1) is 15.3. The number of piperidine rings is 1. The van der Waals surface area contributed by atoms with Crippen LogP contribution >= 0.6 is 0 Å². The van der Waals surface area contributed by atoms with Crippen LogP contribution in [0.25, 0.3) is 0 Å². The third-order valence-electron chi connectivity index (χ3n) is 4.11. The van der Waals surface area contributed by atoms with Gasteiger partial charge in [0.05, 0.1) is 17.2 Å². The lowest BCUT2D eigenvalue weighted by atomic mass is 10.0. The number of non-ortho nitro benzene ring substituents is 1. The highest BCUT2D eigenvalue weighted by Crippen LogP contribution is 2.19. The molecule has 0 saturated carbocycles. The summed E-state index contributed by atoms with van der Waals surface area (Å²) < 4.78 is 0. The normalized spacial score (nSPS) is 18.7. The molecule has 0 radical (unpaired) electrons. The number of likely N-dealkylation sites (tertiary alicyclic amines) is 1. The smallest absolute Gasteiger partial charge is 0.271 e. The van der Waals surface area contributed by atoms with Gasteiger partial charge in [-0.1, -0.05) is 12.5 Å². The average Bonchev–Trinajstić information content (AvgIpc) is 2.97. The summed E-state index contributed by atoms with van der Waals surface area (Å²) in [4.78, 5) is 14.2. The van der Waals surface area contributed by atoms with Crippen LogP contribution in [-0.2, 0) is 6.54 Å². The van der Waals surface area contributed by atoms with E-state index in [4.69, 9.17) is 0 Å². The molecule has 0 aliphatic carbocycles. The molecule has 0 bridgehead atoms. The number of nitrogens with one attached hydrogen (secondary N) is 1. The molecular weight excluding hydrogens is 298 g/mol. The summed E-state index contributed by atoms with van der Waals surface area (Å²) >= 11 is 0. The molecule has 1 N–H and O–H groups in total. The first-order chi connectivity index (χ1) is 11.1. The van der Waals surface area contributed by atoms with Gasteiger partial charge in [0.15, 0.2) is 5.82 Å². The molecule has 1 atom stereocenters. The Labute approximate surface area is 133 Å². The summed E-state index contributed by atoms with van der Waals surface area (Å²) in [5.74, 6) is 0.685. The van der Waals surface area contributed by atoms with Crippen molar-refractivity contribution in [3.8, 4) is 0 Å². The van der Waals surface area contributed by atoms with Crippen molar-refractivity contribution in [3.05, 3.63) is 40.2 Å². The second-order valence-corrected chi connectivity index (χ2v) is 5.74. The van der Waals surface area contributed by atoms with Gasteiger partial charge in [0.1, 0.15) is 0 Å². The predicted molar refractivity (Wildman–Crippen MR) is 83.7 cm³/mol. The number of nitrogens with zero attached hydrogens (tertiary/aromatic N) is 6. The lowest BCUT2D eigenvalue weighted by Crippen LogP contribution is -2.38. The number of nitro groups is 1. The second-order valence-electron chi connectivity index (χ2n) is 5.74. The number of rotatable bonds is 5. The Balaban J connectivity index is 1.73. The number of hydrogen-bond acceptors (Lipinski definition) is 7. The van der Waals surface area contributed by atoms with E-state index in [1.807, 2.05) is 0 Å². The molecule has 1 aromatic carbocycles. The van der Waals surface area contributed by atoms with Crippen molar-refractivity contribution in [1.82, 2.24) is 25.2 Å². The highest BCUT2D eigenvalue weighted by Gasteiger charge is 2.21. The van der Waals surface area contributed by atoms with Gasteiger partial charge >= 0.3 is 0 Å². The van der Waals surface area contributed by atoms with Crippen LogP contribution in [0.15, 0.2) is 24.3 Å². The van der Waals surface area contributed by atoms with E-state index in [1.165, 1.54) is 36.2 Å². The van der Waals surface area contributed by atoms with E-state index < -0.39 is 4.92 Å². The zero-order valence-electron chi connectivity index (χ0n) is 12.9. The number of nitro benzene ring substituents is 1. The molecule has 1 fully saturated rings. The zero-order valence-corrected chi connectivity index (χ0v) is 12.9. The van der Waals surface area contributed by atoms with Crippen molar-refractivity contribution in [3.63, 3.8) is 0 Å². The minimum absolute atomic E-state index is 0.0225. The van der Waals surface area contributed by atoms with Gasteiger partial charge in [0.25, 0.3) is 5.69 Å². The fourth-order valence-electron chi connectivity index (χ4n) is 2.78. The summed E-state index contributed by atoms with van der Waals surface area (Å²) in [6.07, 6.45) is 3.62. The Bertz CT molecular complexity index is 687. The maximum atomic E-state index is 10.8. The van der Waals surface area contributed by atoms with Gasteiger partial charge < -0.3 is 0 Å². The lowest BCUT2D eigenvalue weighted by Gasteiger charge is -2.32. The van der Waals surface area contributed by atoms with Crippen molar-refractivity contribution in [1.29, 1.82) is 0 Å². The van der Waals surface area contributed by atoms with Crippen LogP contribution in [0.2, 0.25) is 0 Å². The number of anilines is 1.